The fourth-order valence-electron chi connectivity index (χ4n) is 3.41. The molecule has 0 saturated carbocycles. The molecule has 0 fully saturated rings. The molecule has 0 atom stereocenters. The molecule has 0 N–H and O–H groups in total. The van der Waals surface area contributed by atoms with Crippen LogP contribution in [0.15, 0.2) is 38.8 Å². The summed E-state index contributed by atoms with van der Waals surface area (Å²) in [6.45, 7) is 6.02. The van der Waals surface area contributed by atoms with Crippen molar-refractivity contribution in [3.63, 3.8) is 0 Å². The fourth-order valence-corrected chi connectivity index (χ4v) is 4.46. The van der Waals surface area contributed by atoms with Gasteiger partial charge in [-0.05, 0) is 43.5 Å². The molecule has 0 spiro atoms. The summed E-state index contributed by atoms with van der Waals surface area (Å²) in [6, 6.07) is 5.67. The maximum Gasteiger partial charge on any atom is 0.259 e. The van der Waals surface area contributed by atoms with Gasteiger partial charge >= 0.3 is 0 Å². The van der Waals surface area contributed by atoms with Crippen molar-refractivity contribution < 1.29 is 4.42 Å². The van der Waals surface area contributed by atoms with Crippen molar-refractivity contribution in [2.75, 3.05) is 7.05 Å². The molecule has 4 aromatic rings. The van der Waals surface area contributed by atoms with Gasteiger partial charge in [0.15, 0.2) is 16.9 Å². The average molecular weight is 380 g/mol. The maximum absolute atomic E-state index is 12.8. The summed E-state index contributed by atoms with van der Waals surface area (Å²) in [7, 11) is 1.73. The quantitative estimate of drug-likeness (QED) is 0.505. The van der Waals surface area contributed by atoms with E-state index in [1.807, 2.05) is 26.0 Å². The molecule has 138 valence electrons. The molecular weight excluding hydrogens is 360 g/mol. The van der Waals surface area contributed by atoms with Crippen LogP contribution in [-0.4, -0.2) is 27.1 Å². The van der Waals surface area contributed by atoms with Crippen molar-refractivity contribution in [3.05, 3.63) is 62.3 Å². The van der Waals surface area contributed by atoms with Crippen molar-refractivity contribution in [2.45, 2.75) is 33.6 Å². The summed E-state index contributed by atoms with van der Waals surface area (Å²) in [6.07, 6.45) is 2.92. The lowest BCUT2D eigenvalue weighted by atomic mass is 10.00. The topological polar surface area (TPSA) is 72.8 Å². The van der Waals surface area contributed by atoms with E-state index in [1.165, 1.54) is 23.3 Å². The molecule has 0 aliphatic heterocycles. The van der Waals surface area contributed by atoms with Crippen LogP contribution < -0.4 is 5.56 Å². The number of nitrogens with zero attached hydrogens (tertiary/aromatic N) is 4. The van der Waals surface area contributed by atoms with Gasteiger partial charge in [0.05, 0.1) is 17.1 Å². The summed E-state index contributed by atoms with van der Waals surface area (Å²) in [5.41, 5.74) is 6.27. The average Bonchev–Trinajstić information content (AvgIpc) is 3.23. The molecule has 0 aliphatic rings. The van der Waals surface area contributed by atoms with E-state index < -0.39 is 0 Å². The third kappa shape index (κ3) is 2.98. The molecule has 3 heterocycles. The van der Waals surface area contributed by atoms with E-state index in [1.54, 1.807) is 17.5 Å². The molecule has 0 saturated heterocycles. The van der Waals surface area contributed by atoms with E-state index in [0.717, 1.165) is 45.1 Å². The van der Waals surface area contributed by atoms with Crippen LogP contribution in [-0.2, 0) is 12.8 Å². The molecule has 3 aromatic heterocycles. The highest BCUT2D eigenvalue weighted by molar-refractivity contribution is 7.17. The van der Waals surface area contributed by atoms with Crippen LogP contribution in [0.3, 0.4) is 0 Å². The second-order valence-electron chi connectivity index (χ2n) is 6.49. The largest absolute Gasteiger partial charge is 0.443 e. The Labute approximate surface area is 160 Å². The predicted molar refractivity (Wildman–Crippen MR) is 108 cm³/mol. The molecule has 0 radical (unpaired) electrons. The summed E-state index contributed by atoms with van der Waals surface area (Å²) in [5, 5.41) is 0. The lowest BCUT2D eigenvalue weighted by molar-refractivity contribution is 0.601. The number of thiazole rings is 1. The smallest absolute Gasteiger partial charge is 0.259 e. The highest BCUT2D eigenvalue weighted by atomic mass is 32.1. The number of hydrogen-bond donors (Lipinski definition) is 0. The van der Waals surface area contributed by atoms with Crippen molar-refractivity contribution in [2.24, 2.45) is 4.99 Å². The second-order valence-corrected chi connectivity index (χ2v) is 7.67. The van der Waals surface area contributed by atoms with E-state index >= 15 is 0 Å². The van der Waals surface area contributed by atoms with Crippen LogP contribution in [0.1, 0.15) is 41.2 Å². The van der Waals surface area contributed by atoms with Gasteiger partial charge in [-0.15, -0.1) is 11.3 Å². The standard InChI is InChI=1S/C20H20N4O2S/c1-5-13-7-16-17(26-10-22-16)8-14(13)6-15-9-18(25)24-19(11(2)21-4)12(3)27-20(24)23-15/h7-10H,5-6H2,1-4H3. The van der Waals surface area contributed by atoms with Gasteiger partial charge in [0.1, 0.15) is 5.52 Å². The number of oxazole rings is 1. The lowest BCUT2D eigenvalue weighted by Gasteiger charge is -2.08. The number of rotatable bonds is 4. The van der Waals surface area contributed by atoms with Crippen molar-refractivity contribution >= 4 is 33.1 Å². The number of aliphatic imine (C=N–C) groups is 1. The Balaban J connectivity index is 1.83. The first-order valence-electron chi connectivity index (χ1n) is 8.82. The fraction of sp³-hybridized carbons (Fsp3) is 0.300. The summed E-state index contributed by atoms with van der Waals surface area (Å²) >= 11 is 1.52. The SMILES string of the molecule is CCc1cc2ncoc2cc1Cc1cc(=O)n2c(C(C)=NC)c(C)sc2n1. The lowest BCUT2D eigenvalue weighted by Crippen LogP contribution is -2.19. The van der Waals surface area contributed by atoms with Gasteiger partial charge in [-0.1, -0.05) is 6.92 Å². The van der Waals surface area contributed by atoms with Crippen LogP contribution >= 0.6 is 11.3 Å². The molecular formula is C20H20N4O2S. The Kier molecular flexibility index (Phi) is 4.39. The third-order valence-electron chi connectivity index (χ3n) is 4.83. The molecule has 0 unspecified atom stereocenters. The monoisotopic (exact) mass is 380 g/mol. The molecule has 0 amide bonds. The van der Waals surface area contributed by atoms with Gasteiger partial charge in [0, 0.05) is 24.4 Å². The van der Waals surface area contributed by atoms with Gasteiger partial charge in [0.25, 0.3) is 5.56 Å². The normalized spacial score (nSPS) is 12.4. The molecule has 4 rings (SSSR count). The summed E-state index contributed by atoms with van der Waals surface area (Å²) in [4.78, 5) is 27.8. The third-order valence-corrected chi connectivity index (χ3v) is 5.78. The zero-order valence-corrected chi connectivity index (χ0v) is 16.6. The van der Waals surface area contributed by atoms with E-state index in [0.29, 0.717) is 11.4 Å². The number of fused-ring (bicyclic) bond motifs is 2. The van der Waals surface area contributed by atoms with E-state index in [-0.39, 0.29) is 5.56 Å². The second kappa shape index (κ2) is 6.74. The van der Waals surface area contributed by atoms with Gasteiger partial charge < -0.3 is 4.42 Å². The van der Waals surface area contributed by atoms with E-state index in [4.69, 9.17) is 9.40 Å². The van der Waals surface area contributed by atoms with Crippen LogP contribution in [0.4, 0.5) is 0 Å². The minimum absolute atomic E-state index is 0.0730. The van der Waals surface area contributed by atoms with Crippen molar-refractivity contribution in [1.29, 1.82) is 0 Å². The Bertz CT molecular complexity index is 1250. The van der Waals surface area contributed by atoms with Crippen molar-refractivity contribution in [3.8, 4) is 0 Å². The number of aromatic nitrogens is 3. The number of hydrogen-bond acceptors (Lipinski definition) is 6. The zero-order chi connectivity index (χ0) is 19.1. The first-order valence-corrected chi connectivity index (χ1v) is 9.64. The Hall–Kier alpha value is -2.80. The number of aryl methyl sites for hydroxylation is 2. The van der Waals surface area contributed by atoms with Crippen LogP contribution in [0, 0.1) is 6.92 Å². The van der Waals surface area contributed by atoms with Gasteiger partial charge in [0.2, 0.25) is 0 Å². The first kappa shape index (κ1) is 17.6. The zero-order valence-electron chi connectivity index (χ0n) is 15.7. The Morgan fingerprint density at radius 3 is 2.85 bits per heavy atom. The molecule has 0 bridgehead atoms. The van der Waals surface area contributed by atoms with Crippen LogP contribution in [0.5, 0.6) is 0 Å². The molecule has 0 aliphatic carbocycles. The molecule has 7 heteroatoms. The van der Waals surface area contributed by atoms with Gasteiger partial charge in [-0.25, -0.2) is 14.4 Å². The maximum atomic E-state index is 12.8. The van der Waals surface area contributed by atoms with Crippen molar-refractivity contribution in [1.82, 2.24) is 14.4 Å². The minimum Gasteiger partial charge on any atom is -0.443 e. The predicted octanol–water partition coefficient (Wildman–Crippen LogP) is 3.80. The van der Waals surface area contributed by atoms with E-state index in [9.17, 15) is 4.79 Å². The van der Waals surface area contributed by atoms with Crippen LogP contribution in [0.25, 0.3) is 16.1 Å². The highest BCUT2D eigenvalue weighted by Crippen LogP contribution is 2.24. The molecule has 6 nitrogen and oxygen atoms in total. The molecule has 1 aromatic carbocycles. The van der Waals surface area contributed by atoms with E-state index in [2.05, 4.69) is 16.9 Å². The first-order chi connectivity index (χ1) is 13.0. The van der Waals surface area contributed by atoms with Gasteiger partial charge in [-0.3, -0.25) is 9.79 Å². The Morgan fingerprint density at radius 1 is 1.30 bits per heavy atom. The van der Waals surface area contributed by atoms with Gasteiger partial charge in [-0.2, -0.15) is 0 Å². The summed E-state index contributed by atoms with van der Waals surface area (Å²) < 4.78 is 7.10. The number of benzene rings is 1. The summed E-state index contributed by atoms with van der Waals surface area (Å²) in [5.74, 6) is 0. The van der Waals surface area contributed by atoms with Crippen LogP contribution in [0.2, 0.25) is 0 Å². The Morgan fingerprint density at radius 2 is 2.11 bits per heavy atom. The highest BCUT2D eigenvalue weighted by Gasteiger charge is 2.16. The molecule has 27 heavy (non-hydrogen) atoms. The minimum atomic E-state index is -0.0730.